The maximum absolute atomic E-state index is 11.6. The van der Waals surface area contributed by atoms with Gasteiger partial charge in [0, 0.05) is 0 Å². The zero-order chi connectivity index (χ0) is 14.4. The van der Waals surface area contributed by atoms with Gasteiger partial charge in [-0.2, -0.15) is 0 Å². The molecule has 0 amide bonds. The molecular formula is C15H15N3O2. The van der Waals surface area contributed by atoms with E-state index in [-0.39, 0.29) is 11.4 Å². The van der Waals surface area contributed by atoms with E-state index in [1.54, 1.807) is 4.57 Å². The molecule has 3 aromatic rings. The Morgan fingerprint density at radius 3 is 2.65 bits per heavy atom. The lowest BCUT2D eigenvalue weighted by molar-refractivity contribution is 0.647. The molecule has 0 saturated heterocycles. The third-order valence-corrected chi connectivity index (χ3v) is 3.42. The van der Waals surface area contributed by atoms with E-state index in [4.69, 9.17) is 5.73 Å². The molecule has 0 spiro atoms. The second kappa shape index (κ2) is 4.30. The Balaban J connectivity index is 2.18. The van der Waals surface area contributed by atoms with Crippen molar-refractivity contribution in [3.8, 4) is 5.69 Å². The number of rotatable bonds is 3. The smallest absolute Gasteiger partial charge is 0.254 e. The van der Waals surface area contributed by atoms with Crippen molar-refractivity contribution >= 4 is 16.7 Å². The van der Waals surface area contributed by atoms with E-state index < -0.39 is 10.9 Å². The molecule has 5 heteroatoms. The largest absolute Gasteiger partial charge is 0.394 e. The molecule has 0 aliphatic heterocycles. The molecule has 20 heavy (non-hydrogen) atoms. The average Bonchev–Trinajstić information content (AvgIpc) is 2.81. The number of anilines is 1. The highest BCUT2D eigenvalue weighted by atomic mass is 16.2. The zero-order valence-electron chi connectivity index (χ0n) is 11.4. The summed E-state index contributed by atoms with van der Waals surface area (Å²) in [6.45, 7) is 4.30. The predicted octanol–water partition coefficient (Wildman–Crippen LogP) is 1.40. The molecule has 0 bridgehead atoms. The fourth-order valence-electron chi connectivity index (χ4n) is 2.47. The lowest BCUT2D eigenvalue weighted by Gasteiger charge is -2.10. The molecule has 102 valence electrons. The van der Waals surface area contributed by atoms with Gasteiger partial charge < -0.3 is 5.73 Å². The first-order chi connectivity index (χ1) is 9.49. The Morgan fingerprint density at radius 1 is 1.25 bits per heavy atom. The number of nitrogen functional groups attached to an aromatic ring is 1. The summed E-state index contributed by atoms with van der Waals surface area (Å²) in [5.41, 5.74) is 7.48. The van der Waals surface area contributed by atoms with Crippen LogP contribution < -0.4 is 16.6 Å². The van der Waals surface area contributed by atoms with Crippen LogP contribution >= 0.6 is 0 Å². The van der Waals surface area contributed by atoms with Gasteiger partial charge in [0.1, 0.15) is 17.7 Å². The highest BCUT2D eigenvalue weighted by Crippen LogP contribution is 2.21. The average molecular weight is 269 g/mol. The van der Waals surface area contributed by atoms with Crippen molar-refractivity contribution in [1.82, 2.24) is 9.55 Å². The zero-order valence-corrected chi connectivity index (χ0v) is 11.4. The van der Waals surface area contributed by atoms with Crippen LogP contribution in [0.3, 0.4) is 0 Å². The molecule has 1 aromatic heterocycles. The summed E-state index contributed by atoms with van der Waals surface area (Å²) in [4.78, 5) is 27.1. The van der Waals surface area contributed by atoms with Gasteiger partial charge in [-0.3, -0.25) is 14.2 Å². The van der Waals surface area contributed by atoms with Crippen LogP contribution in [0, 0.1) is 5.92 Å². The number of fused-ring (bicyclic) bond motifs is 1. The molecule has 0 aliphatic carbocycles. The SMILES string of the molecule is CC(C)Cc1ccc2ncn(-c3c(N)c(=O)c3=O)c2c1. The topological polar surface area (TPSA) is 78.0 Å². The number of benzene rings is 1. The molecule has 0 saturated carbocycles. The Hall–Kier alpha value is -2.43. The van der Waals surface area contributed by atoms with E-state index in [0.29, 0.717) is 5.92 Å². The van der Waals surface area contributed by atoms with Gasteiger partial charge >= 0.3 is 0 Å². The van der Waals surface area contributed by atoms with Crippen LogP contribution in [0.15, 0.2) is 34.1 Å². The molecule has 1 heterocycles. The first-order valence-corrected chi connectivity index (χ1v) is 6.54. The Morgan fingerprint density at radius 2 is 2.00 bits per heavy atom. The van der Waals surface area contributed by atoms with Crippen molar-refractivity contribution in [2.75, 3.05) is 5.73 Å². The summed E-state index contributed by atoms with van der Waals surface area (Å²) in [5, 5.41) is 0. The normalized spacial score (nSPS) is 11.8. The van der Waals surface area contributed by atoms with Gasteiger partial charge in [0.15, 0.2) is 0 Å². The Bertz CT molecular complexity index is 867. The van der Waals surface area contributed by atoms with Crippen LogP contribution in [0.5, 0.6) is 0 Å². The van der Waals surface area contributed by atoms with E-state index in [9.17, 15) is 9.59 Å². The van der Waals surface area contributed by atoms with Gasteiger partial charge in [0.25, 0.3) is 10.9 Å². The van der Waals surface area contributed by atoms with Gasteiger partial charge in [0.2, 0.25) is 0 Å². The summed E-state index contributed by atoms with van der Waals surface area (Å²) < 4.78 is 1.61. The maximum Gasteiger partial charge on any atom is 0.254 e. The quantitative estimate of drug-likeness (QED) is 0.729. The molecular weight excluding hydrogens is 254 g/mol. The molecule has 3 rings (SSSR count). The van der Waals surface area contributed by atoms with Crippen molar-refractivity contribution in [3.63, 3.8) is 0 Å². The molecule has 2 aromatic carbocycles. The van der Waals surface area contributed by atoms with Crippen LogP contribution in [0.4, 0.5) is 5.69 Å². The van der Waals surface area contributed by atoms with Gasteiger partial charge in [-0.1, -0.05) is 19.9 Å². The number of nitrogens with zero attached hydrogens (tertiary/aromatic N) is 2. The van der Waals surface area contributed by atoms with Crippen LogP contribution in [0.2, 0.25) is 0 Å². The first kappa shape index (κ1) is 12.6. The van der Waals surface area contributed by atoms with E-state index in [0.717, 1.165) is 17.5 Å². The minimum absolute atomic E-state index is 0.0172. The van der Waals surface area contributed by atoms with E-state index >= 15 is 0 Å². The number of aromatic nitrogens is 2. The first-order valence-electron chi connectivity index (χ1n) is 6.54. The predicted molar refractivity (Wildman–Crippen MR) is 78.9 cm³/mol. The van der Waals surface area contributed by atoms with E-state index in [2.05, 4.69) is 18.8 Å². The summed E-state index contributed by atoms with van der Waals surface area (Å²) in [5.74, 6) is 0.542. The molecule has 0 atom stereocenters. The van der Waals surface area contributed by atoms with Gasteiger partial charge in [-0.25, -0.2) is 4.98 Å². The van der Waals surface area contributed by atoms with Gasteiger partial charge in [-0.15, -0.1) is 0 Å². The van der Waals surface area contributed by atoms with Crippen molar-refractivity contribution in [1.29, 1.82) is 0 Å². The second-order valence-electron chi connectivity index (χ2n) is 5.46. The Kier molecular flexibility index (Phi) is 2.71. The number of hydrogen-bond donors (Lipinski definition) is 1. The fourth-order valence-corrected chi connectivity index (χ4v) is 2.47. The summed E-state index contributed by atoms with van der Waals surface area (Å²) in [6, 6.07) is 5.95. The van der Waals surface area contributed by atoms with Gasteiger partial charge in [-0.05, 0) is 30.0 Å². The lowest BCUT2D eigenvalue weighted by atomic mass is 10.0. The molecule has 0 aliphatic rings. The summed E-state index contributed by atoms with van der Waals surface area (Å²) >= 11 is 0. The molecule has 0 radical (unpaired) electrons. The van der Waals surface area contributed by atoms with Crippen LogP contribution in [-0.4, -0.2) is 9.55 Å². The Labute approximate surface area is 115 Å². The van der Waals surface area contributed by atoms with Crippen LogP contribution in [0.1, 0.15) is 19.4 Å². The summed E-state index contributed by atoms with van der Waals surface area (Å²) in [7, 11) is 0. The third kappa shape index (κ3) is 1.74. The van der Waals surface area contributed by atoms with Crippen LogP contribution in [-0.2, 0) is 6.42 Å². The molecule has 0 unspecified atom stereocenters. The number of imidazole rings is 1. The van der Waals surface area contributed by atoms with Crippen molar-refractivity contribution in [3.05, 3.63) is 50.5 Å². The maximum atomic E-state index is 11.6. The lowest BCUT2D eigenvalue weighted by Crippen LogP contribution is -2.38. The van der Waals surface area contributed by atoms with E-state index in [1.807, 2.05) is 18.2 Å². The molecule has 2 N–H and O–H groups in total. The fraction of sp³-hybridized carbons (Fsp3) is 0.267. The summed E-state index contributed by atoms with van der Waals surface area (Å²) in [6.07, 6.45) is 2.49. The highest BCUT2D eigenvalue weighted by molar-refractivity contribution is 5.80. The van der Waals surface area contributed by atoms with Crippen molar-refractivity contribution in [2.45, 2.75) is 20.3 Å². The number of hydrogen-bond acceptors (Lipinski definition) is 4. The minimum atomic E-state index is -0.611. The molecule has 0 fully saturated rings. The monoisotopic (exact) mass is 269 g/mol. The van der Waals surface area contributed by atoms with Crippen LogP contribution in [0.25, 0.3) is 16.7 Å². The third-order valence-electron chi connectivity index (χ3n) is 3.42. The standard InChI is InChI=1S/C15H15N3O2/c1-8(2)5-9-3-4-10-11(6-9)18(7-17-10)13-12(16)14(19)15(13)20/h3-4,6-8H,5,16H2,1-2H3. The van der Waals surface area contributed by atoms with Crippen molar-refractivity contribution in [2.24, 2.45) is 5.92 Å². The minimum Gasteiger partial charge on any atom is -0.394 e. The van der Waals surface area contributed by atoms with E-state index in [1.165, 1.54) is 11.9 Å². The van der Waals surface area contributed by atoms with Gasteiger partial charge in [0.05, 0.1) is 11.0 Å². The number of nitrogens with two attached hydrogens (primary N) is 1. The highest BCUT2D eigenvalue weighted by Gasteiger charge is 2.21. The second-order valence-corrected chi connectivity index (χ2v) is 5.46. The molecule has 5 nitrogen and oxygen atoms in total. The van der Waals surface area contributed by atoms with Crippen molar-refractivity contribution < 1.29 is 0 Å².